The zero-order valence-electron chi connectivity index (χ0n) is 12.4. The molecule has 8 heteroatoms. The number of aromatic nitrogens is 4. The molecule has 0 saturated heterocycles. The number of aryl methyl sites for hydroxylation is 1. The highest BCUT2D eigenvalue weighted by Gasteiger charge is 2.12. The van der Waals surface area contributed by atoms with E-state index < -0.39 is 5.97 Å². The second-order valence-electron chi connectivity index (χ2n) is 4.73. The van der Waals surface area contributed by atoms with Crippen molar-refractivity contribution in [1.82, 2.24) is 19.9 Å². The molecule has 0 fully saturated rings. The molecule has 0 unspecified atom stereocenters. The first kappa shape index (κ1) is 15.1. The van der Waals surface area contributed by atoms with Crippen LogP contribution in [0.4, 0.5) is 11.5 Å². The first-order valence-corrected chi connectivity index (χ1v) is 7.05. The Kier molecular flexibility index (Phi) is 4.03. The van der Waals surface area contributed by atoms with Crippen LogP contribution in [0.25, 0.3) is 11.0 Å². The summed E-state index contributed by atoms with van der Waals surface area (Å²) in [7, 11) is 1.34. The number of fused-ring (bicyclic) bond motifs is 1. The van der Waals surface area contributed by atoms with Gasteiger partial charge < -0.3 is 10.1 Å². The smallest absolute Gasteiger partial charge is 0.337 e. The molecule has 2 aromatic heterocycles. The van der Waals surface area contributed by atoms with E-state index in [1.54, 1.807) is 12.1 Å². The topological polar surface area (TPSA) is 89.9 Å². The lowest BCUT2D eigenvalue weighted by atomic mass is 10.1. The second kappa shape index (κ2) is 6.13. The largest absolute Gasteiger partial charge is 0.465 e. The summed E-state index contributed by atoms with van der Waals surface area (Å²) in [6.07, 6.45) is 2.72. The molecular formula is C15H12ClN5O2. The van der Waals surface area contributed by atoms with Crippen molar-refractivity contribution >= 4 is 40.1 Å². The van der Waals surface area contributed by atoms with Gasteiger partial charge in [-0.25, -0.2) is 24.7 Å². The number of ether oxygens (including phenoxy) is 1. The Labute approximate surface area is 136 Å². The van der Waals surface area contributed by atoms with Crippen LogP contribution >= 0.6 is 11.6 Å². The third kappa shape index (κ3) is 2.91. The normalized spacial score (nSPS) is 10.6. The van der Waals surface area contributed by atoms with Crippen LogP contribution in [-0.2, 0) is 4.74 Å². The van der Waals surface area contributed by atoms with E-state index in [1.807, 2.05) is 13.0 Å². The average Bonchev–Trinajstić information content (AvgIpc) is 2.57. The number of hydrogen-bond acceptors (Lipinski definition) is 7. The van der Waals surface area contributed by atoms with Crippen LogP contribution < -0.4 is 5.32 Å². The number of anilines is 2. The molecule has 3 aromatic rings. The van der Waals surface area contributed by atoms with Crippen molar-refractivity contribution in [1.29, 1.82) is 0 Å². The number of carbonyl (C=O) groups excluding carboxylic acids is 1. The Morgan fingerprint density at radius 3 is 2.65 bits per heavy atom. The van der Waals surface area contributed by atoms with Crippen LogP contribution in [0.5, 0.6) is 0 Å². The number of nitrogens with zero attached hydrogens (tertiary/aromatic N) is 4. The van der Waals surface area contributed by atoms with Gasteiger partial charge in [-0.05, 0) is 24.6 Å². The zero-order valence-corrected chi connectivity index (χ0v) is 13.1. The molecule has 0 bridgehead atoms. The van der Waals surface area contributed by atoms with Gasteiger partial charge in [-0.3, -0.25) is 0 Å². The number of hydrogen-bond donors (Lipinski definition) is 1. The van der Waals surface area contributed by atoms with E-state index in [-0.39, 0.29) is 5.15 Å². The molecule has 2 heterocycles. The fraction of sp³-hybridized carbons (Fsp3) is 0.133. The number of benzene rings is 1. The van der Waals surface area contributed by atoms with E-state index in [0.29, 0.717) is 28.1 Å². The van der Waals surface area contributed by atoms with Crippen LogP contribution in [-0.4, -0.2) is 33.0 Å². The summed E-state index contributed by atoms with van der Waals surface area (Å²) in [6.45, 7) is 1.91. The van der Waals surface area contributed by atoms with Gasteiger partial charge in [0.2, 0.25) is 0 Å². The highest BCUT2D eigenvalue weighted by molar-refractivity contribution is 6.33. The summed E-state index contributed by atoms with van der Waals surface area (Å²) in [4.78, 5) is 28.0. The molecule has 116 valence electrons. The van der Waals surface area contributed by atoms with Gasteiger partial charge >= 0.3 is 5.97 Å². The standard InChI is InChI=1S/C15H12ClN5O2/c1-8-3-4-9(15(22)23-2)5-10(8)21-14-12-11(17-7-20-14)13(16)19-6-18-12/h3-7H,1-2H3,(H,17,20,21). The van der Waals surface area contributed by atoms with Gasteiger partial charge in [0.15, 0.2) is 11.0 Å². The maximum absolute atomic E-state index is 11.7. The van der Waals surface area contributed by atoms with E-state index in [4.69, 9.17) is 16.3 Å². The Balaban J connectivity index is 2.06. The molecule has 7 nitrogen and oxygen atoms in total. The predicted molar refractivity (Wildman–Crippen MR) is 85.9 cm³/mol. The van der Waals surface area contributed by atoms with Crippen molar-refractivity contribution < 1.29 is 9.53 Å². The third-order valence-electron chi connectivity index (χ3n) is 3.29. The first-order chi connectivity index (χ1) is 11.1. The molecule has 1 aromatic carbocycles. The summed E-state index contributed by atoms with van der Waals surface area (Å²) in [6, 6.07) is 5.21. The van der Waals surface area contributed by atoms with Gasteiger partial charge in [0.1, 0.15) is 23.7 Å². The fourth-order valence-electron chi connectivity index (χ4n) is 2.07. The number of halogens is 1. The van der Waals surface area contributed by atoms with Crippen molar-refractivity contribution in [2.24, 2.45) is 0 Å². The maximum atomic E-state index is 11.7. The molecule has 0 amide bonds. The number of rotatable bonds is 3. The third-order valence-corrected chi connectivity index (χ3v) is 3.56. The van der Waals surface area contributed by atoms with Crippen molar-refractivity contribution in [3.63, 3.8) is 0 Å². The van der Waals surface area contributed by atoms with Crippen LogP contribution in [0, 0.1) is 6.92 Å². The SMILES string of the molecule is COC(=O)c1ccc(C)c(Nc2ncnc3c(Cl)ncnc23)c1. The van der Waals surface area contributed by atoms with Gasteiger partial charge in [-0.15, -0.1) is 0 Å². The molecule has 0 aliphatic heterocycles. The van der Waals surface area contributed by atoms with E-state index in [1.165, 1.54) is 19.8 Å². The van der Waals surface area contributed by atoms with Crippen molar-refractivity contribution in [2.45, 2.75) is 6.92 Å². The molecule has 0 saturated carbocycles. The number of esters is 1. The molecule has 0 radical (unpaired) electrons. The van der Waals surface area contributed by atoms with Gasteiger partial charge in [0.25, 0.3) is 0 Å². The number of nitrogens with one attached hydrogen (secondary N) is 1. The van der Waals surface area contributed by atoms with Gasteiger partial charge in [-0.2, -0.15) is 0 Å². The number of methoxy groups -OCH3 is 1. The highest BCUT2D eigenvalue weighted by atomic mass is 35.5. The van der Waals surface area contributed by atoms with E-state index >= 15 is 0 Å². The van der Waals surface area contributed by atoms with Crippen molar-refractivity contribution in [2.75, 3.05) is 12.4 Å². The van der Waals surface area contributed by atoms with Crippen LogP contribution in [0.1, 0.15) is 15.9 Å². The monoisotopic (exact) mass is 329 g/mol. The minimum atomic E-state index is -0.411. The maximum Gasteiger partial charge on any atom is 0.337 e. The summed E-state index contributed by atoms with van der Waals surface area (Å²) < 4.78 is 4.74. The quantitative estimate of drug-likeness (QED) is 0.583. The molecular weight excluding hydrogens is 318 g/mol. The molecule has 0 aliphatic rings. The molecule has 0 atom stereocenters. The molecule has 1 N–H and O–H groups in total. The van der Waals surface area contributed by atoms with E-state index in [0.717, 1.165) is 5.56 Å². The lowest BCUT2D eigenvalue weighted by molar-refractivity contribution is 0.0601. The van der Waals surface area contributed by atoms with Crippen LogP contribution in [0.3, 0.4) is 0 Å². The first-order valence-electron chi connectivity index (χ1n) is 6.67. The van der Waals surface area contributed by atoms with Crippen molar-refractivity contribution in [3.05, 3.63) is 47.1 Å². The summed E-state index contributed by atoms with van der Waals surface area (Å²) in [5, 5.41) is 3.40. The Morgan fingerprint density at radius 1 is 1.13 bits per heavy atom. The molecule has 0 spiro atoms. The average molecular weight is 330 g/mol. The van der Waals surface area contributed by atoms with Gasteiger partial charge in [0, 0.05) is 5.69 Å². The van der Waals surface area contributed by atoms with Gasteiger partial charge in [-0.1, -0.05) is 17.7 Å². The highest BCUT2D eigenvalue weighted by Crippen LogP contribution is 2.26. The Bertz CT molecular complexity index is 900. The molecule has 23 heavy (non-hydrogen) atoms. The van der Waals surface area contributed by atoms with E-state index in [9.17, 15) is 4.79 Å². The molecule has 3 rings (SSSR count). The zero-order chi connectivity index (χ0) is 16.4. The Morgan fingerprint density at radius 2 is 1.87 bits per heavy atom. The lowest BCUT2D eigenvalue weighted by Crippen LogP contribution is -2.04. The summed E-state index contributed by atoms with van der Waals surface area (Å²) in [5.74, 6) is 0.0652. The van der Waals surface area contributed by atoms with Crippen LogP contribution in [0.15, 0.2) is 30.9 Å². The summed E-state index contributed by atoms with van der Waals surface area (Å²) in [5.41, 5.74) is 3.03. The summed E-state index contributed by atoms with van der Waals surface area (Å²) >= 11 is 6.02. The Hall–Kier alpha value is -2.80. The predicted octanol–water partition coefficient (Wildman–Crippen LogP) is 2.91. The minimum absolute atomic E-state index is 0.250. The molecule has 0 aliphatic carbocycles. The van der Waals surface area contributed by atoms with Gasteiger partial charge in [0.05, 0.1) is 12.7 Å². The van der Waals surface area contributed by atoms with Crippen LogP contribution in [0.2, 0.25) is 5.15 Å². The van der Waals surface area contributed by atoms with E-state index in [2.05, 4.69) is 25.3 Å². The lowest BCUT2D eigenvalue weighted by Gasteiger charge is -2.11. The fourth-order valence-corrected chi connectivity index (χ4v) is 2.25. The minimum Gasteiger partial charge on any atom is -0.465 e. The van der Waals surface area contributed by atoms with Crippen molar-refractivity contribution in [3.8, 4) is 0 Å². The number of carbonyl (C=O) groups is 1. The second-order valence-corrected chi connectivity index (χ2v) is 5.09.